The van der Waals surface area contributed by atoms with E-state index in [4.69, 9.17) is 18.9 Å². The number of methoxy groups -OCH3 is 2. The second kappa shape index (κ2) is 11.0. The molecule has 0 atom stereocenters. The van der Waals surface area contributed by atoms with Gasteiger partial charge in [0, 0.05) is 27.3 Å². The van der Waals surface area contributed by atoms with Gasteiger partial charge in [-0.2, -0.15) is 0 Å². The molecule has 0 unspecified atom stereocenters. The molecule has 6 nitrogen and oxygen atoms in total. The van der Waals surface area contributed by atoms with Crippen molar-refractivity contribution < 1.29 is 23.7 Å². The van der Waals surface area contributed by atoms with E-state index in [0.29, 0.717) is 24.6 Å². The Bertz CT molecular complexity index is 698. The Morgan fingerprint density at radius 1 is 1.04 bits per heavy atom. The van der Waals surface area contributed by atoms with Crippen molar-refractivity contribution in [2.75, 3.05) is 27.4 Å². The van der Waals surface area contributed by atoms with Crippen LogP contribution in [0.5, 0.6) is 11.5 Å². The Kier molecular flexibility index (Phi) is 8.35. The van der Waals surface area contributed by atoms with Crippen LogP contribution >= 0.6 is 0 Å². The molecule has 144 valence electrons. The van der Waals surface area contributed by atoms with Crippen LogP contribution in [0, 0.1) is 0 Å². The maximum absolute atomic E-state index is 12.5. The molecule has 0 fully saturated rings. The summed E-state index contributed by atoms with van der Waals surface area (Å²) in [4.78, 5) is 14.1. The average molecular weight is 371 g/mol. The number of rotatable bonds is 10. The van der Waals surface area contributed by atoms with Crippen molar-refractivity contribution in [3.63, 3.8) is 0 Å². The summed E-state index contributed by atoms with van der Waals surface area (Å²) in [5, 5.41) is 0. The second-order valence-electron chi connectivity index (χ2n) is 5.71. The molecule has 0 saturated carbocycles. The molecule has 0 bridgehead atoms. The number of hydrogen-bond acceptors (Lipinski definition) is 5. The summed E-state index contributed by atoms with van der Waals surface area (Å²) in [6.07, 6.45) is 0.794. The molecule has 0 radical (unpaired) electrons. The normalized spacial score (nSPS) is 10.5. The van der Waals surface area contributed by atoms with Crippen LogP contribution in [0.15, 0.2) is 67.3 Å². The summed E-state index contributed by atoms with van der Waals surface area (Å²) < 4.78 is 21.2. The zero-order valence-electron chi connectivity index (χ0n) is 15.7. The molecule has 2 rings (SSSR count). The minimum absolute atomic E-state index is 0.260. The quantitative estimate of drug-likeness (QED) is 0.469. The van der Waals surface area contributed by atoms with Crippen LogP contribution in [0.3, 0.4) is 0 Å². The zero-order valence-corrected chi connectivity index (χ0v) is 15.7. The monoisotopic (exact) mass is 371 g/mol. The van der Waals surface area contributed by atoms with Gasteiger partial charge in [-0.25, -0.2) is 4.79 Å². The van der Waals surface area contributed by atoms with Crippen molar-refractivity contribution >= 4 is 6.09 Å². The molecule has 0 aliphatic rings. The molecule has 6 heteroatoms. The van der Waals surface area contributed by atoms with E-state index in [1.54, 1.807) is 49.5 Å². The smallest absolute Gasteiger partial charge is 0.415 e. The van der Waals surface area contributed by atoms with Gasteiger partial charge in [0.1, 0.15) is 18.1 Å². The van der Waals surface area contributed by atoms with Crippen molar-refractivity contribution in [3.05, 3.63) is 72.8 Å². The highest BCUT2D eigenvalue weighted by Gasteiger charge is 2.15. The second-order valence-corrected chi connectivity index (χ2v) is 5.71. The molecular formula is C21H25NO5. The summed E-state index contributed by atoms with van der Waals surface area (Å²) in [5.74, 6) is 1.06. The lowest BCUT2D eigenvalue weighted by molar-refractivity contribution is -0.121. The first-order valence-electron chi connectivity index (χ1n) is 8.56. The fraction of sp³-hybridized carbons (Fsp3) is 0.286. The summed E-state index contributed by atoms with van der Waals surface area (Å²) in [5.41, 5.74) is 1.02. The highest BCUT2D eigenvalue weighted by Crippen LogP contribution is 2.19. The molecular weight excluding hydrogens is 346 g/mol. The Balaban J connectivity index is 1.93. The van der Waals surface area contributed by atoms with Gasteiger partial charge in [-0.3, -0.25) is 4.90 Å². The molecule has 0 aliphatic heterocycles. The maximum atomic E-state index is 12.5. The average Bonchev–Trinajstić information content (AvgIpc) is 2.70. The minimum atomic E-state index is -0.439. The van der Waals surface area contributed by atoms with Crippen molar-refractivity contribution in [1.82, 2.24) is 4.90 Å². The molecule has 2 aromatic carbocycles. The van der Waals surface area contributed by atoms with E-state index < -0.39 is 12.4 Å². The van der Waals surface area contributed by atoms with Gasteiger partial charge in [0.25, 0.3) is 0 Å². The Hall–Kier alpha value is -2.83. The van der Waals surface area contributed by atoms with Crippen LogP contribution in [0.2, 0.25) is 0 Å². The van der Waals surface area contributed by atoms with Gasteiger partial charge in [0.15, 0.2) is 6.29 Å². The van der Waals surface area contributed by atoms with Crippen LogP contribution in [-0.2, 0) is 16.0 Å². The summed E-state index contributed by atoms with van der Waals surface area (Å²) >= 11 is 0. The zero-order chi connectivity index (χ0) is 19.5. The third-order valence-electron chi connectivity index (χ3n) is 3.76. The van der Waals surface area contributed by atoms with Gasteiger partial charge >= 0.3 is 6.09 Å². The van der Waals surface area contributed by atoms with Crippen molar-refractivity contribution in [1.29, 1.82) is 0 Å². The highest BCUT2D eigenvalue weighted by molar-refractivity contribution is 5.71. The van der Waals surface area contributed by atoms with Crippen molar-refractivity contribution in [2.45, 2.75) is 12.8 Å². The van der Waals surface area contributed by atoms with E-state index in [-0.39, 0.29) is 6.61 Å². The highest BCUT2D eigenvalue weighted by atomic mass is 16.7. The third kappa shape index (κ3) is 6.77. The predicted octanol–water partition coefficient (Wildman–Crippen LogP) is 3.87. The molecule has 0 saturated heterocycles. The number of ether oxygens (including phenoxy) is 4. The standard InChI is InChI=1S/C21H25NO5/c1-4-14-22(15-17-8-6-5-7-9-17)21(23)27-19-12-10-18(11-13-19)26-16-20(24-2)25-3/h4-13,20H,1,14-16H2,2-3H3. The Labute approximate surface area is 159 Å². The fourth-order valence-corrected chi connectivity index (χ4v) is 2.33. The van der Waals surface area contributed by atoms with Crippen LogP contribution in [0.4, 0.5) is 4.79 Å². The van der Waals surface area contributed by atoms with Crippen LogP contribution in [-0.4, -0.2) is 44.7 Å². The van der Waals surface area contributed by atoms with Crippen LogP contribution in [0.1, 0.15) is 5.56 Å². The van der Waals surface area contributed by atoms with E-state index in [9.17, 15) is 4.79 Å². The summed E-state index contributed by atoms with van der Waals surface area (Å²) in [6.45, 7) is 4.81. The van der Waals surface area contributed by atoms with E-state index in [1.165, 1.54) is 0 Å². The maximum Gasteiger partial charge on any atom is 0.415 e. The van der Waals surface area contributed by atoms with Gasteiger partial charge in [-0.1, -0.05) is 36.4 Å². The summed E-state index contributed by atoms with van der Waals surface area (Å²) in [7, 11) is 3.09. The predicted molar refractivity (Wildman–Crippen MR) is 103 cm³/mol. The van der Waals surface area contributed by atoms with E-state index in [2.05, 4.69) is 6.58 Å². The molecule has 0 aromatic heterocycles. The van der Waals surface area contributed by atoms with Gasteiger partial charge in [0.2, 0.25) is 0 Å². The largest absolute Gasteiger partial charge is 0.488 e. The molecule has 2 aromatic rings. The molecule has 0 N–H and O–H groups in total. The molecule has 0 heterocycles. The van der Waals surface area contributed by atoms with E-state index >= 15 is 0 Å². The minimum Gasteiger partial charge on any atom is -0.488 e. The SMILES string of the molecule is C=CCN(Cc1ccccc1)C(=O)Oc1ccc(OCC(OC)OC)cc1. The van der Waals surface area contributed by atoms with Gasteiger partial charge < -0.3 is 18.9 Å². The first kappa shape index (κ1) is 20.5. The van der Waals surface area contributed by atoms with Gasteiger partial charge in [0.05, 0.1) is 0 Å². The number of benzene rings is 2. The Morgan fingerprint density at radius 3 is 2.26 bits per heavy atom. The number of carbonyl (C=O) groups excluding carboxylic acids is 1. The third-order valence-corrected chi connectivity index (χ3v) is 3.76. The molecule has 0 aliphatic carbocycles. The molecule has 0 spiro atoms. The number of amides is 1. The first-order chi connectivity index (χ1) is 13.2. The lowest BCUT2D eigenvalue weighted by atomic mass is 10.2. The molecule has 27 heavy (non-hydrogen) atoms. The lowest BCUT2D eigenvalue weighted by Gasteiger charge is -2.20. The van der Waals surface area contributed by atoms with Crippen molar-refractivity contribution in [3.8, 4) is 11.5 Å². The molecule has 1 amide bonds. The van der Waals surface area contributed by atoms with Crippen molar-refractivity contribution in [2.24, 2.45) is 0 Å². The van der Waals surface area contributed by atoms with E-state index in [1.807, 2.05) is 30.3 Å². The van der Waals surface area contributed by atoms with Crippen LogP contribution < -0.4 is 9.47 Å². The number of hydrogen-bond donors (Lipinski definition) is 0. The summed E-state index contributed by atoms with van der Waals surface area (Å²) in [6, 6.07) is 16.5. The van der Waals surface area contributed by atoms with Gasteiger partial charge in [-0.15, -0.1) is 6.58 Å². The van der Waals surface area contributed by atoms with E-state index in [0.717, 1.165) is 5.56 Å². The lowest BCUT2D eigenvalue weighted by Crippen LogP contribution is -2.33. The topological polar surface area (TPSA) is 57.2 Å². The van der Waals surface area contributed by atoms with Gasteiger partial charge in [-0.05, 0) is 29.8 Å². The van der Waals surface area contributed by atoms with Crippen LogP contribution in [0.25, 0.3) is 0 Å². The fourth-order valence-electron chi connectivity index (χ4n) is 2.33. The Morgan fingerprint density at radius 2 is 1.67 bits per heavy atom. The number of nitrogens with zero attached hydrogens (tertiary/aromatic N) is 1. The number of carbonyl (C=O) groups is 1. The first-order valence-corrected chi connectivity index (χ1v) is 8.56.